The van der Waals surface area contributed by atoms with Gasteiger partial charge in [-0.2, -0.15) is 0 Å². The van der Waals surface area contributed by atoms with Crippen molar-refractivity contribution in [2.45, 2.75) is 39.2 Å². The molecule has 3 rings (SSSR count). The SMILES string of the molecule is Cc1cc(C)c2c(c1)C(C)(C)C(c1ccccc1)N2. The molecule has 1 heteroatoms. The molecule has 2 aromatic carbocycles. The van der Waals surface area contributed by atoms with E-state index in [2.05, 4.69) is 75.5 Å². The van der Waals surface area contributed by atoms with Gasteiger partial charge in [-0.1, -0.05) is 61.9 Å². The van der Waals surface area contributed by atoms with Crippen LogP contribution < -0.4 is 5.32 Å². The molecule has 0 amide bonds. The number of nitrogens with one attached hydrogen (secondary N) is 1. The van der Waals surface area contributed by atoms with Crippen LogP contribution in [0.3, 0.4) is 0 Å². The van der Waals surface area contributed by atoms with Gasteiger partial charge >= 0.3 is 0 Å². The van der Waals surface area contributed by atoms with Crippen LogP contribution in [0, 0.1) is 13.8 Å². The number of hydrogen-bond donors (Lipinski definition) is 1. The molecule has 0 saturated heterocycles. The van der Waals surface area contributed by atoms with Crippen LogP contribution in [0.2, 0.25) is 0 Å². The van der Waals surface area contributed by atoms with Crippen LogP contribution >= 0.6 is 0 Å². The van der Waals surface area contributed by atoms with E-state index in [9.17, 15) is 0 Å². The third-order valence-corrected chi connectivity index (χ3v) is 4.32. The third kappa shape index (κ3) is 1.85. The summed E-state index contributed by atoms with van der Waals surface area (Å²) in [7, 11) is 0. The minimum atomic E-state index is 0.119. The maximum atomic E-state index is 3.74. The molecule has 0 fully saturated rings. The van der Waals surface area contributed by atoms with E-state index in [4.69, 9.17) is 0 Å². The Labute approximate surface area is 115 Å². The molecule has 1 N–H and O–H groups in total. The van der Waals surface area contributed by atoms with Crippen LogP contribution in [0.1, 0.15) is 42.1 Å². The van der Waals surface area contributed by atoms with E-state index in [0.717, 1.165) is 0 Å². The summed E-state index contributed by atoms with van der Waals surface area (Å²) in [6.45, 7) is 9.05. The van der Waals surface area contributed by atoms with Crippen LogP contribution in [0.4, 0.5) is 5.69 Å². The standard InChI is InChI=1S/C18H21N/c1-12-10-13(2)16-15(11-12)18(3,4)17(19-16)14-8-6-5-7-9-14/h5-11,17,19H,1-4H3. The molecule has 1 aliphatic heterocycles. The lowest BCUT2D eigenvalue weighted by Gasteiger charge is -2.28. The average Bonchev–Trinajstić information content (AvgIpc) is 2.63. The zero-order valence-electron chi connectivity index (χ0n) is 12.1. The van der Waals surface area contributed by atoms with Gasteiger partial charge in [-0.25, -0.2) is 0 Å². The molecule has 0 spiro atoms. The summed E-state index contributed by atoms with van der Waals surface area (Å²) in [6, 6.07) is 15.7. The van der Waals surface area contributed by atoms with Crippen molar-refractivity contribution in [1.29, 1.82) is 0 Å². The van der Waals surface area contributed by atoms with E-state index >= 15 is 0 Å². The number of rotatable bonds is 1. The smallest absolute Gasteiger partial charge is 0.0606 e. The van der Waals surface area contributed by atoms with Gasteiger partial charge in [-0.15, -0.1) is 0 Å². The first-order valence-corrected chi connectivity index (χ1v) is 6.93. The first-order chi connectivity index (χ1) is 9.00. The van der Waals surface area contributed by atoms with Gasteiger partial charge in [0.2, 0.25) is 0 Å². The predicted molar refractivity (Wildman–Crippen MR) is 81.7 cm³/mol. The van der Waals surface area contributed by atoms with Crippen LogP contribution in [0.5, 0.6) is 0 Å². The zero-order chi connectivity index (χ0) is 13.6. The molecule has 2 aromatic rings. The Balaban J connectivity index is 2.13. The first kappa shape index (κ1) is 12.3. The predicted octanol–water partition coefficient (Wildman–Crippen LogP) is 4.75. The molecule has 1 heterocycles. The molecule has 1 aliphatic rings. The number of fused-ring (bicyclic) bond motifs is 1. The highest BCUT2D eigenvalue weighted by Gasteiger charge is 2.40. The Bertz CT molecular complexity index is 611. The molecule has 1 unspecified atom stereocenters. The van der Waals surface area contributed by atoms with Crippen molar-refractivity contribution in [3.63, 3.8) is 0 Å². The fourth-order valence-corrected chi connectivity index (χ4v) is 3.29. The lowest BCUT2D eigenvalue weighted by Crippen LogP contribution is -2.25. The van der Waals surface area contributed by atoms with Crippen molar-refractivity contribution in [3.8, 4) is 0 Å². The summed E-state index contributed by atoms with van der Waals surface area (Å²) in [5.74, 6) is 0. The summed E-state index contributed by atoms with van der Waals surface area (Å²) in [4.78, 5) is 0. The second-order valence-corrected chi connectivity index (χ2v) is 6.21. The number of aryl methyl sites for hydroxylation is 2. The number of benzene rings is 2. The molecule has 1 nitrogen and oxygen atoms in total. The monoisotopic (exact) mass is 251 g/mol. The van der Waals surface area contributed by atoms with Crippen molar-refractivity contribution in [3.05, 3.63) is 64.7 Å². The first-order valence-electron chi connectivity index (χ1n) is 6.93. The summed E-state index contributed by atoms with van der Waals surface area (Å²) in [5.41, 5.74) is 6.94. The molecule has 0 saturated carbocycles. The van der Waals surface area contributed by atoms with Gasteiger partial charge in [0.05, 0.1) is 6.04 Å². The fraction of sp³-hybridized carbons (Fsp3) is 0.333. The number of hydrogen-bond acceptors (Lipinski definition) is 1. The van der Waals surface area contributed by atoms with E-state index in [1.54, 1.807) is 0 Å². The Kier molecular flexibility index (Phi) is 2.67. The Hall–Kier alpha value is -1.76. The summed E-state index contributed by atoms with van der Waals surface area (Å²) in [5, 5.41) is 3.74. The fourth-order valence-electron chi connectivity index (χ4n) is 3.29. The van der Waals surface area contributed by atoms with Crippen LogP contribution in [0.15, 0.2) is 42.5 Å². The van der Waals surface area contributed by atoms with Gasteiger partial charge in [0.15, 0.2) is 0 Å². The average molecular weight is 251 g/mol. The summed E-state index contributed by atoms with van der Waals surface area (Å²) >= 11 is 0. The highest BCUT2D eigenvalue weighted by atomic mass is 15.0. The largest absolute Gasteiger partial charge is 0.377 e. The van der Waals surface area contributed by atoms with Gasteiger partial charge in [0, 0.05) is 11.1 Å². The van der Waals surface area contributed by atoms with Crippen molar-refractivity contribution in [1.82, 2.24) is 0 Å². The van der Waals surface area contributed by atoms with E-state index in [0.29, 0.717) is 6.04 Å². The molecule has 1 atom stereocenters. The Morgan fingerprint density at radius 2 is 1.68 bits per heavy atom. The van der Waals surface area contributed by atoms with Gasteiger partial charge in [-0.3, -0.25) is 0 Å². The molecule has 0 bridgehead atoms. The van der Waals surface area contributed by atoms with Crippen molar-refractivity contribution in [2.75, 3.05) is 5.32 Å². The highest BCUT2D eigenvalue weighted by Crippen LogP contribution is 2.49. The van der Waals surface area contributed by atoms with Gasteiger partial charge in [0.1, 0.15) is 0 Å². The van der Waals surface area contributed by atoms with E-state index < -0.39 is 0 Å². The third-order valence-electron chi connectivity index (χ3n) is 4.32. The Morgan fingerprint density at radius 3 is 2.37 bits per heavy atom. The van der Waals surface area contributed by atoms with E-state index in [1.165, 1.54) is 27.9 Å². The van der Waals surface area contributed by atoms with Crippen molar-refractivity contribution in [2.24, 2.45) is 0 Å². The molecule has 0 aliphatic carbocycles. The molecule has 0 aromatic heterocycles. The van der Waals surface area contributed by atoms with Gasteiger partial charge in [-0.05, 0) is 30.5 Å². The molecule has 98 valence electrons. The molecular weight excluding hydrogens is 230 g/mol. The lowest BCUT2D eigenvalue weighted by molar-refractivity contribution is 0.474. The lowest BCUT2D eigenvalue weighted by atomic mass is 9.77. The quantitative estimate of drug-likeness (QED) is 0.771. The second kappa shape index (κ2) is 4.12. The van der Waals surface area contributed by atoms with E-state index in [-0.39, 0.29) is 5.41 Å². The number of anilines is 1. The topological polar surface area (TPSA) is 12.0 Å². The zero-order valence-corrected chi connectivity index (χ0v) is 12.1. The minimum Gasteiger partial charge on any atom is -0.377 e. The Morgan fingerprint density at radius 1 is 1.00 bits per heavy atom. The molecule has 19 heavy (non-hydrogen) atoms. The van der Waals surface area contributed by atoms with Gasteiger partial charge in [0.25, 0.3) is 0 Å². The maximum Gasteiger partial charge on any atom is 0.0606 e. The summed E-state index contributed by atoms with van der Waals surface area (Å²) < 4.78 is 0. The minimum absolute atomic E-state index is 0.119. The normalized spacial score (nSPS) is 19.9. The molecular formula is C18H21N. The van der Waals surface area contributed by atoms with Crippen LogP contribution in [0.25, 0.3) is 0 Å². The van der Waals surface area contributed by atoms with E-state index in [1.807, 2.05) is 0 Å². The highest BCUT2D eigenvalue weighted by molar-refractivity contribution is 5.68. The molecule has 0 radical (unpaired) electrons. The van der Waals surface area contributed by atoms with Crippen molar-refractivity contribution < 1.29 is 0 Å². The van der Waals surface area contributed by atoms with Crippen molar-refractivity contribution >= 4 is 5.69 Å². The maximum absolute atomic E-state index is 3.74. The van der Waals surface area contributed by atoms with Crippen LogP contribution in [-0.2, 0) is 5.41 Å². The van der Waals surface area contributed by atoms with Gasteiger partial charge < -0.3 is 5.32 Å². The summed E-state index contributed by atoms with van der Waals surface area (Å²) in [6.07, 6.45) is 0. The second-order valence-electron chi connectivity index (χ2n) is 6.21. The van der Waals surface area contributed by atoms with Crippen LogP contribution in [-0.4, -0.2) is 0 Å².